The number of nitrogens with zero attached hydrogens (tertiary/aromatic N) is 1. The summed E-state index contributed by atoms with van der Waals surface area (Å²) in [5.74, 6) is -0.463. The Morgan fingerprint density at radius 2 is 1.54 bits per heavy atom. The van der Waals surface area contributed by atoms with E-state index in [4.69, 9.17) is 9.47 Å². The van der Waals surface area contributed by atoms with E-state index >= 15 is 0 Å². The van der Waals surface area contributed by atoms with Crippen LogP contribution in [0.4, 0.5) is 0 Å². The number of aryl methyl sites for hydroxylation is 1. The number of amides is 1. The number of benzene rings is 3. The molecular formula is C29H29NO5. The van der Waals surface area contributed by atoms with Crippen molar-refractivity contribution in [3.63, 3.8) is 0 Å². The molecule has 1 aliphatic heterocycles. The maximum Gasteiger partial charge on any atom is 0.295 e. The van der Waals surface area contributed by atoms with Gasteiger partial charge >= 0.3 is 0 Å². The van der Waals surface area contributed by atoms with E-state index in [1.54, 1.807) is 24.3 Å². The van der Waals surface area contributed by atoms with Gasteiger partial charge < -0.3 is 19.5 Å². The van der Waals surface area contributed by atoms with Gasteiger partial charge in [-0.25, -0.2) is 0 Å². The van der Waals surface area contributed by atoms with Crippen molar-refractivity contribution in [2.45, 2.75) is 33.4 Å². The van der Waals surface area contributed by atoms with Gasteiger partial charge in [0, 0.05) is 12.1 Å². The number of hydrogen-bond donors (Lipinski definition) is 1. The van der Waals surface area contributed by atoms with Crippen molar-refractivity contribution in [1.29, 1.82) is 0 Å². The fourth-order valence-electron chi connectivity index (χ4n) is 4.27. The summed E-state index contributed by atoms with van der Waals surface area (Å²) in [6.45, 7) is 6.83. The normalized spacial score (nSPS) is 17.0. The van der Waals surface area contributed by atoms with E-state index in [2.05, 4.69) is 0 Å². The average Bonchev–Trinajstić information content (AvgIpc) is 3.11. The van der Waals surface area contributed by atoms with Gasteiger partial charge in [-0.05, 0) is 44.0 Å². The van der Waals surface area contributed by atoms with Crippen LogP contribution in [0.15, 0.2) is 78.4 Å². The van der Waals surface area contributed by atoms with Gasteiger partial charge in [0.25, 0.3) is 11.7 Å². The van der Waals surface area contributed by atoms with Crippen LogP contribution in [0.1, 0.15) is 42.1 Å². The number of likely N-dealkylation sites (tertiary alicyclic amines) is 1. The van der Waals surface area contributed by atoms with Gasteiger partial charge in [0.15, 0.2) is 11.5 Å². The molecule has 0 spiro atoms. The van der Waals surface area contributed by atoms with E-state index in [1.165, 1.54) is 4.90 Å². The first-order valence-corrected chi connectivity index (χ1v) is 11.7. The highest BCUT2D eigenvalue weighted by Crippen LogP contribution is 2.42. The fourth-order valence-corrected chi connectivity index (χ4v) is 4.27. The van der Waals surface area contributed by atoms with Crippen LogP contribution in [-0.2, 0) is 16.1 Å². The maximum atomic E-state index is 13.3. The van der Waals surface area contributed by atoms with Crippen molar-refractivity contribution in [2.24, 2.45) is 0 Å². The second kappa shape index (κ2) is 10.5. The standard InChI is InChI=1S/C29H29NO5/c1-4-34-23-16-15-22(17-24(23)35-5-2)26-25(27(31)21-13-11-19(3)12-14-21)28(32)29(33)30(26)18-20-9-7-6-8-10-20/h6-17,26,31H,4-5,18H2,1-3H3. The van der Waals surface area contributed by atoms with Crippen LogP contribution < -0.4 is 9.47 Å². The predicted molar refractivity (Wildman–Crippen MR) is 134 cm³/mol. The molecule has 1 saturated heterocycles. The number of rotatable bonds is 8. The minimum atomic E-state index is -0.786. The number of aliphatic hydroxyl groups is 1. The topological polar surface area (TPSA) is 76.1 Å². The van der Waals surface area contributed by atoms with Crippen LogP contribution in [0, 0.1) is 6.92 Å². The average molecular weight is 472 g/mol. The number of Topliss-reactive ketones (excluding diaryl/α,β-unsaturated/α-hetero) is 1. The van der Waals surface area contributed by atoms with E-state index in [0.717, 1.165) is 11.1 Å². The molecule has 0 aliphatic carbocycles. The number of carbonyl (C=O) groups excluding carboxylic acids is 2. The van der Waals surface area contributed by atoms with Gasteiger partial charge in [-0.1, -0.05) is 66.2 Å². The summed E-state index contributed by atoms with van der Waals surface area (Å²) < 4.78 is 11.5. The van der Waals surface area contributed by atoms with Crippen molar-refractivity contribution < 1.29 is 24.2 Å². The maximum absolute atomic E-state index is 13.3. The molecule has 3 aromatic carbocycles. The first kappa shape index (κ1) is 24.1. The van der Waals surface area contributed by atoms with Crippen molar-refractivity contribution in [2.75, 3.05) is 13.2 Å². The molecule has 3 aromatic rings. The van der Waals surface area contributed by atoms with Crippen molar-refractivity contribution >= 4 is 17.4 Å². The zero-order valence-corrected chi connectivity index (χ0v) is 20.2. The van der Waals surface area contributed by atoms with Crippen LogP contribution in [-0.4, -0.2) is 34.9 Å². The van der Waals surface area contributed by atoms with Crippen LogP contribution in [0.25, 0.3) is 5.76 Å². The quantitative estimate of drug-likeness (QED) is 0.270. The third kappa shape index (κ3) is 4.92. The minimum absolute atomic E-state index is 0.0568. The van der Waals surface area contributed by atoms with Gasteiger partial charge in [0.1, 0.15) is 5.76 Å². The third-order valence-corrected chi connectivity index (χ3v) is 5.94. The molecular weight excluding hydrogens is 442 g/mol. The Hall–Kier alpha value is -4.06. The second-order valence-corrected chi connectivity index (χ2v) is 8.35. The lowest BCUT2D eigenvalue weighted by atomic mass is 9.94. The highest BCUT2D eigenvalue weighted by molar-refractivity contribution is 6.46. The summed E-state index contributed by atoms with van der Waals surface area (Å²) in [6.07, 6.45) is 0. The molecule has 4 rings (SSSR count). The Labute approximate surface area is 205 Å². The molecule has 35 heavy (non-hydrogen) atoms. The molecule has 1 N–H and O–H groups in total. The smallest absolute Gasteiger partial charge is 0.295 e. The lowest BCUT2D eigenvalue weighted by Crippen LogP contribution is -2.29. The first-order chi connectivity index (χ1) is 16.9. The SMILES string of the molecule is CCOc1ccc(C2C(=C(O)c3ccc(C)cc3)C(=O)C(=O)N2Cc2ccccc2)cc1OCC. The summed E-state index contributed by atoms with van der Waals surface area (Å²) in [4.78, 5) is 28.0. The largest absolute Gasteiger partial charge is 0.507 e. The van der Waals surface area contributed by atoms with E-state index in [9.17, 15) is 14.7 Å². The van der Waals surface area contributed by atoms with Gasteiger partial charge in [-0.2, -0.15) is 0 Å². The number of carbonyl (C=O) groups is 2. The highest BCUT2D eigenvalue weighted by Gasteiger charge is 2.46. The van der Waals surface area contributed by atoms with Crippen molar-refractivity contribution in [1.82, 2.24) is 4.90 Å². The Balaban J connectivity index is 1.88. The van der Waals surface area contributed by atoms with E-state index in [1.807, 2.05) is 69.3 Å². The molecule has 0 bridgehead atoms. The molecule has 1 fully saturated rings. The van der Waals surface area contributed by atoms with Gasteiger partial charge in [0.2, 0.25) is 0 Å². The molecule has 1 heterocycles. The van der Waals surface area contributed by atoms with Gasteiger partial charge in [0.05, 0.1) is 24.8 Å². The lowest BCUT2D eigenvalue weighted by molar-refractivity contribution is -0.140. The Bertz CT molecular complexity index is 1250. The first-order valence-electron chi connectivity index (χ1n) is 11.7. The van der Waals surface area contributed by atoms with Gasteiger partial charge in [-0.15, -0.1) is 0 Å². The summed E-state index contributed by atoms with van der Waals surface area (Å²) >= 11 is 0. The second-order valence-electron chi connectivity index (χ2n) is 8.35. The number of hydrogen-bond acceptors (Lipinski definition) is 5. The lowest BCUT2D eigenvalue weighted by Gasteiger charge is -2.26. The fraction of sp³-hybridized carbons (Fsp3) is 0.241. The van der Waals surface area contributed by atoms with Crippen LogP contribution in [0.5, 0.6) is 11.5 Å². The zero-order chi connectivity index (χ0) is 24.9. The molecule has 1 atom stereocenters. The molecule has 6 nitrogen and oxygen atoms in total. The molecule has 1 aliphatic rings. The molecule has 1 amide bonds. The van der Waals surface area contributed by atoms with Crippen molar-refractivity contribution in [3.05, 3.63) is 101 Å². The molecule has 0 saturated carbocycles. The third-order valence-electron chi connectivity index (χ3n) is 5.94. The predicted octanol–water partition coefficient (Wildman–Crippen LogP) is 5.41. The number of aliphatic hydroxyl groups excluding tert-OH is 1. The highest BCUT2D eigenvalue weighted by atomic mass is 16.5. The molecule has 6 heteroatoms. The Morgan fingerprint density at radius 1 is 0.886 bits per heavy atom. The van der Waals surface area contributed by atoms with Gasteiger partial charge in [-0.3, -0.25) is 9.59 Å². The van der Waals surface area contributed by atoms with E-state index in [-0.39, 0.29) is 17.9 Å². The molecule has 0 radical (unpaired) electrons. The Kier molecular flexibility index (Phi) is 7.20. The van der Waals surface area contributed by atoms with Crippen LogP contribution in [0.3, 0.4) is 0 Å². The monoisotopic (exact) mass is 471 g/mol. The summed E-state index contributed by atoms with van der Waals surface area (Å²) in [7, 11) is 0. The molecule has 1 unspecified atom stereocenters. The number of ether oxygens (including phenoxy) is 2. The van der Waals surface area contributed by atoms with Crippen LogP contribution in [0.2, 0.25) is 0 Å². The molecule has 0 aromatic heterocycles. The zero-order valence-electron chi connectivity index (χ0n) is 20.2. The van der Waals surface area contributed by atoms with Crippen LogP contribution >= 0.6 is 0 Å². The van der Waals surface area contributed by atoms with E-state index < -0.39 is 17.7 Å². The minimum Gasteiger partial charge on any atom is -0.507 e. The number of ketones is 1. The van der Waals surface area contributed by atoms with Crippen molar-refractivity contribution in [3.8, 4) is 11.5 Å². The Morgan fingerprint density at radius 3 is 2.20 bits per heavy atom. The summed E-state index contributed by atoms with van der Waals surface area (Å²) in [5.41, 5.74) is 3.09. The summed E-state index contributed by atoms with van der Waals surface area (Å²) in [5, 5.41) is 11.3. The van der Waals surface area contributed by atoms with E-state index in [0.29, 0.717) is 35.8 Å². The molecule has 180 valence electrons. The summed E-state index contributed by atoms with van der Waals surface area (Å²) in [6, 6.07) is 21.3.